The molecule has 23 heavy (non-hydrogen) atoms. The van der Waals surface area contributed by atoms with Crippen LogP contribution in [0.2, 0.25) is 5.02 Å². The molecule has 1 saturated heterocycles. The maximum atomic E-state index is 5.92. The SMILES string of the molecule is CCNC(=NCC1CCCO1)NCCOc1cccc(Cl)c1.I. The third-order valence-corrected chi connectivity index (χ3v) is 3.52. The van der Waals surface area contributed by atoms with Crippen molar-refractivity contribution >= 4 is 41.5 Å². The zero-order valence-electron chi connectivity index (χ0n) is 13.4. The first-order valence-electron chi connectivity index (χ1n) is 7.80. The molecule has 0 spiro atoms. The second-order valence-electron chi connectivity index (χ2n) is 5.09. The summed E-state index contributed by atoms with van der Waals surface area (Å²) in [6.07, 6.45) is 2.50. The van der Waals surface area contributed by atoms with Gasteiger partial charge in [-0.3, -0.25) is 4.99 Å². The van der Waals surface area contributed by atoms with E-state index in [2.05, 4.69) is 15.6 Å². The molecule has 1 unspecified atom stereocenters. The van der Waals surface area contributed by atoms with E-state index in [-0.39, 0.29) is 30.1 Å². The fourth-order valence-electron chi connectivity index (χ4n) is 2.22. The van der Waals surface area contributed by atoms with E-state index in [0.29, 0.717) is 24.7 Å². The Morgan fingerprint density at radius 2 is 2.30 bits per heavy atom. The molecule has 7 heteroatoms. The Kier molecular flexibility index (Phi) is 10.4. The summed E-state index contributed by atoms with van der Waals surface area (Å²) < 4.78 is 11.2. The summed E-state index contributed by atoms with van der Waals surface area (Å²) in [5, 5.41) is 7.15. The molecule has 5 nitrogen and oxygen atoms in total. The van der Waals surface area contributed by atoms with Gasteiger partial charge in [-0.2, -0.15) is 0 Å². The van der Waals surface area contributed by atoms with Crippen molar-refractivity contribution in [1.82, 2.24) is 10.6 Å². The maximum Gasteiger partial charge on any atom is 0.191 e. The first-order valence-corrected chi connectivity index (χ1v) is 8.18. The molecule has 0 aromatic heterocycles. The van der Waals surface area contributed by atoms with Crippen LogP contribution in [0.4, 0.5) is 0 Å². The predicted octanol–water partition coefficient (Wildman–Crippen LogP) is 3.07. The number of nitrogens with one attached hydrogen (secondary N) is 2. The van der Waals surface area contributed by atoms with Gasteiger partial charge in [-0.1, -0.05) is 17.7 Å². The predicted molar refractivity (Wildman–Crippen MR) is 105 cm³/mol. The zero-order valence-corrected chi connectivity index (χ0v) is 16.5. The second kappa shape index (κ2) is 11.8. The van der Waals surface area contributed by atoms with E-state index in [0.717, 1.165) is 37.7 Å². The molecule has 2 N–H and O–H groups in total. The highest BCUT2D eigenvalue weighted by atomic mass is 127. The Labute approximate surface area is 160 Å². The summed E-state index contributed by atoms with van der Waals surface area (Å²) in [5.41, 5.74) is 0. The molecule has 0 amide bonds. The average Bonchev–Trinajstić information content (AvgIpc) is 3.02. The lowest BCUT2D eigenvalue weighted by molar-refractivity contribution is 0.117. The van der Waals surface area contributed by atoms with E-state index >= 15 is 0 Å². The Hall–Kier alpha value is -0.730. The number of rotatable bonds is 7. The normalized spacial score (nSPS) is 17.5. The van der Waals surface area contributed by atoms with Gasteiger partial charge in [0.25, 0.3) is 0 Å². The summed E-state index contributed by atoms with van der Waals surface area (Å²) in [5.74, 6) is 1.57. The van der Waals surface area contributed by atoms with Crippen LogP contribution in [-0.2, 0) is 4.74 Å². The van der Waals surface area contributed by atoms with E-state index in [1.54, 1.807) is 6.07 Å². The lowest BCUT2D eigenvalue weighted by Gasteiger charge is -2.13. The number of guanidine groups is 1. The van der Waals surface area contributed by atoms with Gasteiger partial charge in [-0.25, -0.2) is 0 Å². The molecular weight excluding hydrogens is 429 g/mol. The first-order chi connectivity index (χ1) is 10.8. The van der Waals surface area contributed by atoms with E-state index in [1.807, 2.05) is 25.1 Å². The first kappa shape index (κ1) is 20.3. The van der Waals surface area contributed by atoms with Gasteiger partial charge in [-0.05, 0) is 38.0 Å². The highest BCUT2D eigenvalue weighted by molar-refractivity contribution is 14.0. The molecule has 1 aliphatic heterocycles. The quantitative estimate of drug-likeness (QED) is 0.288. The molecular formula is C16H25ClIN3O2. The van der Waals surface area contributed by atoms with E-state index in [4.69, 9.17) is 21.1 Å². The summed E-state index contributed by atoms with van der Waals surface area (Å²) in [6, 6.07) is 7.40. The van der Waals surface area contributed by atoms with Crippen molar-refractivity contribution in [2.24, 2.45) is 4.99 Å². The maximum absolute atomic E-state index is 5.92. The molecule has 1 aliphatic rings. The van der Waals surface area contributed by atoms with Crippen LogP contribution < -0.4 is 15.4 Å². The van der Waals surface area contributed by atoms with Crippen LogP contribution in [0.1, 0.15) is 19.8 Å². The van der Waals surface area contributed by atoms with Gasteiger partial charge in [0.1, 0.15) is 12.4 Å². The minimum atomic E-state index is 0. The van der Waals surface area contributed by atoms with Crippen LogP contribution in [0.5, 0.6) is 5.75 Å². The van der Waals surface area contributed by atoms with Crippen LogP contribution in [0, 0.1) is 0 Å². The van der Waals surface area contributed by atoms with Gasteiger partial charge in [0.2, 0.25) is 0 Å². The van der Waals surface area contributed by atoms with E-state index < -0.39 is 0 Å². The fourth-order valence-corrected chi connectivity index (χ4v) is 2.40. The third kappa shape index (κ3) is 8.08. The van der Waals surface area contributed by atoms with Gasteiger partial charge >= 0.3 is 0 Å². The molecule has 1 aromatic rings. The van der Waals surface area contributed by atoms with E-state index in [9.17, 15) is 0 Å². The molecule has 1 aromatic carbocycles. The summed E-state index contributed by atoms with van der Waals surface area (Å²) in [6.45, 7) is 5.65. The number of aliphatic imine (C=N–C) groups is 1. The monoisotopic (exact) mass is 453 g/mol. The minimum Gasteiger partial charge on any atom is -0.492 e. The largest absolute Gasteiger partial charge is 0.492 e. The van der Waals surface area contributed by atoms with Gasteiger partial charge in [0, 0.05) is 18.2 Å². The molecule has 0 saturated carbocycles. The number of halogens is 2. The molecule has 2 rings (SSSR count). The molecule has 1 heterocycles. The van der Waals surface area contributed by atoms with Crippen LogP contribution in [0.3, 0.4) is 0 Å². The Balaban J connectivity index is 0.00000264. The van der Waals surface area contributed by atoms with Crippen LogP contribution in [0.15, 0.2) is 29.3 Å². The summed E-state index contributed by atoms with van der Waals surface area (Å²) in [7, 11) is 0. The molecule has 0 radical (unpaired) electrons. The van der Waals surface area contributed by atoms with Crippen molar-refractivity contribution in [3.05, 3.63) is 29.3 Å². The highest BCUT2D eigenvalue weighted by Gasteiger charge is 2.14. The number of hydrogen-bond acceptors (Lipinski definition) is 3. The summed E-state index contributed by atoms with van der Waals surface area (Å²) in [4.78, 5) is 4.55. The number of benzene rings is 1. The number of hydrogen-bond donors (Lipinski definition) is 2. The van der Waals surface area contributed by atoms with Crippen LogP contribution in [0.25, 0.3) is 0 Å². The van der Waals surface area contributed by atoms with Crippen LogP contribution in [-0.4, -0.2) is 44.9 Å². The highest BCUT2D eigenvalue weighted by Crippen LogP contribution is 2.16. The van der Waals surface area contributed by atoms with Crippen molar-refractivity contribution in [1.29, 1.82) is 0 Å². The van der Waals surface area contributed by atoms with Gasteiger partial charge in [0.15, 0.2) is 5.96 Å². The van der Waals surface area contributed by atoms with Gasteiger partial charge < -0.3 is 20.1 Å². The lowest BCUT2D eigenvalue weighted by atomic mass is 10.2. The van der Waals surface area contributed by atoms with Crippen molar-refractivity contribution in [2.45, 2.75) is 25.9 Å². The van der Waals surface area contributed by atoms with Gasteiger partial charge in [0.05, 0.1) is 19.2 Å². The molecule has 0 aliphatic carbocycles. The summed E-state index contributed by atoms with van der Waals surface area (Å²) >= 11 is 5.92. The van der Waals surface area contributed by atoms with E-state index in [1.165, 1.54) is 0 Å². The number of nitrogens with zero attached hydrogens (tertiary/aromatic N) is 1. The fraction of sp³-hybridized carbons (Fsp3) is 0.562. The van der Waals surface area contributed by atoms with Crippen molar-refractivity contribution in [2.75, 3.05) is 32.8 Å². The van der Waals surface area contributed by atoms with Crippen molar-refractivity contribution < 1.29 is 9.47 Å². The topological polar surface area (TPSA) is 54.9 Å². The third-order valence-electron chi connectivity index (χ3n) is 3.28. The van der Waals surface area contributed by atoms with Crippen molar-refractivity contribution in [3.8, 4) is 5.75 Å². The Morgan fingerprint density at radius 3 is 3.00 bits per heavy atom. The molecule has 1 atom stereocenters. The zero-order chi connectivity index (χ0) is 15.6. The van der Waals surface area contributed by atoms with Crippen LogP contribution >= 0.6 is 35.6 Å². The standard InChI is InChI=1S/C16H24ClN3O2.HI/c1-2-18-16(20-12-15-7-4-9-21-15)19-8-10-22-14-6-3-5-13(17)11-14;/h3,5-6,11,15H,2,4,7-10,12H2,1H3,(H2,18,19,20);1H. The van der Waals surface area contributed by atoms with Crippen molar-refractivity contribution in [3.63, 3.8) is 0 Å². The Bertz CT molecular complexity index is 482. The minimum absolute atomic E-state index is 0. The Morgan fingerprint density at radius 1 is 1.43 bits per heavy atom. The molecule has 130 valence electrons. The molecule has 1 fully saturated rings. The smallest absolute Gasteiger partial charge is 0.191 e. The average molecular weight is 454 g/mol. The van der Waals surface area contributed by atoms with Gasteiger partial charge in [-0.15, -0.1) is 24.0 Å². The lowest BCUT2D eigenvalue weighted by Crippen LogP contribution is -2.39. The number of ether oxygens (including phenoxy) is 2. The second-order valence-corrected chi connectivity index (χ2v) is 5.52. The molecule has 0 bridgehead atoms.